The Hall–Kier alpha value is -3.18. The Morgan fingerprint density at radius 3 is 2.72 bits per heavy atom. The number of anilines is 1. The molecule has 0 saturated heterocycles. The van der Waals surface area contributed by atoms with Crippen LogP contribution in [0.25, 0.3) is 16.9 Å². The van der Waals surface area contributed by atoms with Gasteiger partial charge in [0.2, 0.25) is 5.95 Å². The topological polar surface area (TPSA) is 54.8 Å². The molecule has 0 aliphatic carbocycles. The molecule has 0 spiro atoms. The molecular weight excluding hydrogens is 358 g/mol. The van der Waals surface area contributed by atoms with E-state index in [4.69, 9.17) is 9.97 Å². The normalized spacial score (nSPS) is 13.4. The second-order valence-corrected chi connectivity index (χ2v) is 7.45. The number of rotatable bonds is 5. The summed E-state index contributed by atoms with van der Waals surface area (Å²) in [7, 11) is 0. The van der Waals surface area contributed by atoms with Crippen molar-refractivity contribution in [3.05, 3.63) is 83.2 Å². The van der Waals surface area contributed by atoms with Gasteiger partial charge in [0.25, 0.3) is 0 Å². The fourth-order valence-corrected chi connectivity index (χ4v) is 4.07. The minimum absolute atomic E-state index is 0.747. The Bertz CT molecular complexity index is 1150. The highest BCUT2D eigenvalue weighted by molar-refractivity contribution is 5.82. The molecule has 4 aromatic rings. The van der Waals surface area contributed by atoms with E-state index in [1.807, 2.05) is 6.07 Å². The molecule has 0 atom stereocenters. The Kier molecular flexibility index (Phi) is 4.74. The Morgan fingerprint density at radius 2 is 1.86 bits per heavy atom. The minimum Gasteiger partial charge on any atom is -0.366 e. The maximum atomic E-state index is 5.00. The van der Waals surface area contributed by atoms with Crippen molar-refractivity contribution in [3.8, 4) is 5.95 Å². The molecule has 2 N–H and O–H groups in total. The summed E-state index contributed by atoms with van der Waals surface area (Å²) in [6.07, 6.45) is 1.86. The molecule has 0 amide bonds. The summed E-state index contributed by atoms with van der Waals surface area (Å²) in [6, 6.07) is 21.2. The largest absolute Gasteiger partial charge is 0.366 e. The van der Waals surface area contributed by atoms with Gasteiger partial charge in [0.15, 0.2) is 0 Å². The first-order valence-corrected chi connectivity index (χ1v) is 10.3. The highest BCUT2D eigenvalue weighted by Crippen LogP contribution is 2.27. The zero-order valence-electron chi connectivity index (χ0n) is 16.7. The Labute approximate surface area is 170 Å². The molecule has 5 nitrogen and oxygen atoms in total. The van der Waals surface area contributed by atoms with E-state index in [2.05, 4.69) is 76.7 Å². The molecule has 0 unspecified atom stereocenters. The van der Waals surface area contributed by atoms with Crippen molar-refractivity contribution in [1.29, 1.82) is 0 Å². The van der Waals surface area contributed by atoms with E-state index in [1.165, 1.54) is 22.2 Å². The monoisotopic (exact) mass is 383 g/mol. The van der Waals surface area contributed by atoms with Gasteiger partial charge in [-0.3, -0.25) is 4.57 Å². The van der Waals surface area contributed by atoms with Gasteiger partial charge in [0.05, 0.1) is 11.2 Å². The summed E-state index contributed by atoms with van der Waals surface area (Å²) < 4.78 is 2.21. The third-order valence-corrected chi connectivity index (χ3v) is 5.57. The average molecular weight is 383 g/mol. The molecule has 0 saturated carbocycles. The number of hydrogen-bond donors (Lipinski definition) is 2. The molecule has 2 aromatic carbocycles. The van der Waals surface area contributed by atoms with E-state index in [9.17, 15) is 0 Å². The van der Waals surface area contributed by atoms with Gasteiger partial charge in [0.1, 0.15) is 5.82 Å². The van der Waals surface area contributed by atoms with Crippen molar-refractivity contribution >= 4 is 16.7 Å². The molecule has 29 heavy (non-hydrogen) atoms. The second kappa shape index (κ2) is 7.68. The van der Waals surface area contributed by atoms with Crippen LogP contribution in [-0.4, -0.2) is 21.1 Å². The summed E-state index contributed by atoms with van der Waals surface area (Å²) in [5, 5.41) is 8.26. The second-order valence-electron chi connectivity index (χ2n) is 7.45. The van der Waals surface area contributed by atoms with Gasteiger partial charge in [-0.1, -0.05) is 55.5 Å². The van der Waals surface area contributed by atoms with E-state index in [1.54, 1.807) is 0 Å². The van der Waals surface area contributed by atoms with E-state index in [0.29, 0.717) is 0 Å². The number of aryl methyl sites for hydroxylation is 1. The number of para-hydroxylation sites is 1. The van der Waals surface area contributed by atoms with E-state index in [-0.39, 0.29) is 0 Å². The predicted octanol–water partition coefficient (Wildman–Crippen LogP) is 4.24. The van der Waals surface area contributed by atoms with Crippen LogP contribution < -0.4 is 10.6 Å². The lowest BCUT2D eigenvalue weighted by Crippen LogP contribution is -2.27. The summed E-state index contributed by atoms with van der Waals surface area (Å²) in [4.78, 5) is 10.0. The van der Waals surface area contributed by atoms with Crippen molar-refractivity contribution in [1.82, 2.24) is 19.9 Å². The first-order chi connectivity index (χ1) is 14.3. The maximum absolute atomic E-state index is 5.00. The van der Waals surface area contributed by atoms with Crippen LogP contribution in [0, 0.1) is 0 Å². The zero-order chi connectivity index (χ0) is 19.6. The minimum atomic E-state index is 0.747. The van der Waals surface area contributed by atoms with Gasteiger partial charge in [-0.05, 0) is 24.1 Å². The lowest BCUT2D eigenvalue weighted by Gasteiger charge is -2.21. The van der Waals surface area contributed by atoms with Crippen LogP contribution in [0.1, 0.15) is 29.4 Å². The van der Waals surface area contributed by atoms with Crippen LogP contribution in [0.15, 0.2) is 60.7 Å². The molecule has 0 fully saturated rings. The molecule has 1 aliphatic heterocycles. The van der Waals surface area contributed by atoms with E-state index < -0.39 is 0 Å². The summed E-state index contributed by atoms with van der Waals surface area (Å²) >= 11 is 0. The van der Waals surface area contributed by atoms with Crippen LogP contribution in [0.3, 0.4) is 0 Å². The molecular formula is C24H25N5. The Balaban J connectivity index is 1.61. The van der Waals surface area contributed by atoms with Gasteiger partial charge >= 0.3 is 0 Å². The van der Waals surface area contributed by atoms with Crippen LogP contribution >= 0.6 is 0 Å². The molecule has 146 valence electrons. The summed E-state index contributed by atoms with van der Waals surface area (Å²) in [5.41, 5.74) is 5.96. The number of fused-ring (bicyclic) bond motifs is 2. The number of benzene rings is 2. The SMILES string of the molecule is CCc1cc2ccccc2n1-c1nc2c(c(NCc3ccccc3)n1)CNCC2. The zero-order valence-corrected chi connectivity index (χ0v) is 16.7. The molecule has 5 rings (SSSR count). The van der Waals surface area contributed by atoms with Crippen molar-refractivity contribution in [2.45, 2.75) is 32.9 Å². The number of hydrogen-bond acceptors (Lipinski definition) is 4. The molecule has 3 heterocycles. The van der Waals surface area contributed by atoms with Crippen LogP contribution in [0.2, 0.25) is 0 Å². The van der Waals surface area contributed by atoms with E-state index in [0.717, 1.165) is 55.5 Å². The summed E-state index contributed by atoms with van der Waals surface area (Å²) in [6.45, 7) is 4.69. The van der Waals surface area contributed by atoms with Gasteiger partial charge in [-0.2, -0.15) is 4.98 Å². The van der Waals surface area contributed by atoms with Gasteiger partial charge in [-0.15, -0.1) is 0 Å². The first-order valence-electron chi connectivity index (χ1n) is 10.3. The maximum Gasteiger partial charge on any atom is 0.236 e. The standard InChI is InChI=1S/C24H25N5/c1-2-19-14-18-10-6-7-11-22(18)29(19)24-27-21-12-13-25-16-20(21)23(28-24)26-15-17-8-4-3-5-9-17/h3-11,14,25H,2,12-13,15-16H2,1H3,(H,26,27,28). The fraction of sp³-hybridized carbons (Fsp3) is 0.250. The molecule has 2 aromatic heterocycles. The number of nitrogens with zero attached hydrogens (tertiary/aromatic N) is 3. The lowest BCUT2D eigenvalue weighted by molar-refractivity contribution is 0.623. The molecule has 0 bridgehead atoms. The smallest absolute Gasteiger partial charge is 0.236 e. The first kappa shape index (κ1) is 17.9. The highest BCUT2D eigenvalue weighted by Gasteiger charge is 2.20. The third-order valence-electron chi connectivity index (χ3n) is 5.57. The number of nitrogens with one attached hydrogen (secondary N) is 2. The average Bonchev–Trinajstić information content (AvgIpc) is 3.16. The van der Waals surface area contributed by atoms with Gasteiger partial charge in [0, 0.05) is 42.7 Å². The summed E-state index contributed by atoms with van der Waals surface area (Å²) in [5.74, 6) is 1.69. The van der Waals surface area contributed by atoms with Crippen LogP contribution in [-0.2, 0) is 25.9 Å². The lowest BCUT2D eigenvalue weighted by atomic mass is 10.1. The highest BCUT2D eigenvalue weighted by atomic mass is 15.2. The van der Waals surface area contributed by atoms with Crippen molar-refractivity contribution in [2.24, 2.45) is 0 Å². The van der Waals surface area contributed by atoms with E-state index >= 15 is 0 Å². The fourth-order valence-electron chi connectivity index (χ4n) is 4.07. The molecule has 0 radical (unpaired) electrons. The Morgan fingerprint density at radius 1 is 1.03 bits per heavy atom. The third kappa shape index (κ3) is 3.38. The van der Waals surface area contributed by atoms with Crippen molar-refractivity contribution in [3.63, 3.8) is 0 Å². The van der Waals surface area contributed by atoms with Crippen LogP contribution in [0.5, 0.6) is 0 Å². The number of aromatic nitrogens is 3. The van der Waals surface area contributed by atoms with Crippen molar-refractivity contribution in [2.75, 3.05) is 11.9 Å². The molecule has 5 heteroatoms. The quantitative estimate of drug-likeness (QED) is 0.541. The van der Waals surface area contributed by atoms with Crippen molar-refractivity contribution < 1.29 is 0 Å². The predicted molar refractivity (Wildman–Crippen MR) is 117 cm³/mol. The van der Waals surface area contributed by atoms with Gasteiger partial charge in [-0.25, -0.2) is 4.98 Å². The molecule has 1 aliphatic rings. The van der Waals surface area contributed by atoms with Crippen LogP contribution in [0.4, 0.5) is 5.82 Å². The van der Waals surface area contributed by atoms with Gasteiger partial charge < -0.3 is 10.6 Å².